The molecule has 17 heavy (non-hydrogen) atoms. The Balaban J connectivity index is 2.08. The number of para-hydroxylation sites is 1. The van der Waals surface area contributed by atoms with E-state index in [1.165, 1.54) is 0 Å². The summed E-state index contributed by atoms with van der Waals surface area (Å²) in [5.41, 5.74) is 7.98. The molecule has 0 spiro atoms. The molecule has 4 nitrogen and oxygen atoms in total. The van der Waals surface area contributed by atoms with Crippen molar-refractivity contribution < 1.29 is 0 Å². The number of rotatable bonds is 3. The minimum atomic E-state index is 0.399. The number of nitrogens with one attached hydrogen (secondary N) is 1. The number of nitriles is 1. The molecular formula is C13H12N4. The standard InChI is InChI=1S/C13H12N4/c14-8-11-5-3-7-13(17-11)16-9-10-4-1-2-6-12(10)15/h1-7H,9,15H2,(H,16,17). The van der Waals surface area contributed by atoms with Gasteiger partial charge in [-0.15, -0.1) is 0 Å². The number of benzene rings is 1. The highest BCUT2D eigenvalue weighted by Crippen LogP contribution is 2.12. The number of anilines is 2. The maximum absolute atomic E-state index is 8.73. The van der Waals surface area contributed by atoms with Crippen molar-refractivity contribution in [3.05, 3.63) is 53.7 Å². The molecule has 0 aliphatic rings. The Labute approximate surface area is 99.7 Å². The second kappa shape index (κ2) is 4.99. The number of hydrogen-bond donors (Lipinski definition) is 2. The fourth-order valence-corrected chi connectivity index (χ4v) is 1.48. The van der Waals surface area contributed by atoms with Crippen LogP contribution in [0.1, 0.15) is 11.3 Å². The summed E-state index contributed by atoms with van der Waals surface area (Å²) in [6.07, 6.45) is 0. The van der Waals surface area contributed by atoms with Gasteiger partial charge in [-0.2, -0.15) is 5.26 Å². The summed E-state index contributed by atoms with van der Waals surface area (Å²) in [7, 11) is 0. The third-order valence-corrected chi connectivity index (χ3v) is 2.38. The van der Waals surface area contributed by atoms with E-state index in [2.05, 4.69) is 10.3 Å². The average molecular weight is 224 g/mol. The van der Waals surface area contributed by atoms with Gasteiger partial charge in [0.2, 0.25) is 0 Å². The van der Waals surface area contributed by atoms with Crippen LogP contribution in [0.25, 0.3) is 0 Å². The van der Waals surface area contributed by atoms with Crippen molar-refractivity contribution in [1.29, 1.82) is 5.26 Å². The van der Waals surface area contributed by atoms with E-state index < -0.39 is 0 Å². The Morgan fingerprint density at radius 1 is 1.18 bits per heavy atom. The normalized spacial score (nSPS) is 9.59. The molecule has 3 N–H and O–H groups in total. The first-order valence-corrected chi connectivity index (χ1v) is 5.24. The van der Waals surface area contributed by atoms with Crippen molar-refractivity contribution in [2.24, 2.45) is 0 Å². The van der Waals surface area contributed by atoms with Crippen molar-refractivity contribution in [3.63, 3.8) is 0 Å². The lowest BCUT2D eigenvalue weighted by atomic mass is 10.2. The Morgan fingerprint density at radius 2 is 2.00 bits per heavy atom. The van der Waals surface area contributed by atoms with E-state index in [0.29, 0.717) is 18.1 Å². The van der Waals surface area contributed by atoms with Crippen LogP contribution in [0.3, 0.4) is 0 Å². The molecule has 1 aromatic heterocycles. The summed E-state index contributed by atoms with van der Waals surface area (Å²) < 4.78 is 0. The Morgan fingerprint density at radius 3 is 2.76 bits per heavy atom. The number of nitrogens with zero attached hydrogens (tertiary/aromatic N) is 2. The van der Waals surface area contributed by atoms with Gasteiger partial charge in [0.25, 0.3) is 0 Å². The molecule has 1 heterocycles. The largest absolute Gasteiger partial charge is 0.398 e. The summed E-state index contributed by atoms with van der Waals surface area (Å²) in [6.45, 7) is 0.592. The lowest BCUT2D eigenvalue weighted by Crippen LogP contribution is -2.04. The molecule has 0 aliphatic heterocycles. The number of nitrogen functional groups attached to an aromatic ring is 1. The van der Waals surface area contributed by atoms with Crippen LogP contribution in [0.5, 0.6) is 0 Å². The fraction of sp³-hybridized carbons (Fsp3) is 0.0769. The highest BCUT2D eigenvalue weighted by atomic mass is 15.0. The topological polar surface area (TPSA) is 74.7 Å². The molecule has 84 valence electrons. The molecule has 0 bridgehead atoms. The van der Waals surface area contributed by atoms with Gasteiger partial charge >= 0.3 is 0 Å². The Kier molecular flexibility index (Phi) is 3.22. The highest BCUT2D eigenvalue weighted by Gasteiger charge is 1.99. The van der Waals surface area contributed by atoms with Gasteiger partial charge in [0.15, 0.2) is 0 Å². The summed E-state index contributed by atoms with van der Waals surface area (Å²) in [5.74, 6) is 0.673. The molecule has 0 radical (unpaired) electrons. The first-order valence-electron chi connectivity index (χ1n) is 5.24. The van der Waals surface area contributed by atoms with E-state index in [0.717, 1.165) is 11.3 Å². The van der Waals surface area contributed by atoms with Crippen molar-refractivity contribution >= 4 is 11.5 Å². The highest BCUT2D eigenvalue weighted by molar-refractivity contribution is 5.48. The molecule has 0 aliphatic carbocycles. The molecule has 1 aromatic carbocycles. The second-order valence-corrected chi connectivity index (χ2v) is 3.57. The van der Waals surface area contributed by atoms with Crippen LogP contribution in [0.2, 0.25) is 0 Å². The van der Waals surface area contributed by atoms with Gasteiger partial charge in [-0.3, -0.25) is 0 Å². The molecular weight excluding hydrogens is 212 g/mol. The van der Waals surface area contributed by atoms with Gasteiger partial charge in [-0.1, -0.05) is 24.3 Å². The first kappa shape index (κ1) is 11.0. The third kappa shape index (κ3) is 2.73. The van der Waals surface area contributed by atoms with Crippen LogP contribution < -0.4 is 11.1 Å². The minimum absolute atomic E-state index is 0.399. The Hall–Kier alpha value is -2.54. The van der Waals surface area contributed by atoms with Crippen molar-refractivity contribution in [2.45, 2.75) is 6.54 Å². The molecule has 0 amide bonds. The minimum Gasteiger partial charge on any atom is -0.398 e. The molecule has 0 saturated heterocycles. The number of nitrogens with two attached hydrogens (primary N) is 1. The summed E-state index contributed by atoms with van der Waals surface area (Å²) in [4.78, 5) is 4.12. The molecule has 0 fully saturated rings. The zero-order valence-corrected chi connectivity index (χ0v) is 9.22. The zero-order chi connectivity index (χ0) is 12.1. The average Bonchev–Trinajstić information content (AvgIpc) is 2.38. The molecule has 0 saturated carbocycles. The van der Waals surface area contributed by atoms with E-state index >= 15 is 0 Å². The number of hydrogen-bond acceptors (Lipinski definition) is 4. The SMILES string of the molecule is N#Cc1cccc(NCc2ccccc2N)n1. The van der Waals surface area contributed by atoms with Crippen LogP contribution in [-0.4, -0.2) is 4.98 Å². The quantitative estimate of drug-likeness (QED) is 0.783. The fourth-order valence-electron chi connectivity index (χ4n) is 1.48. The van der Waals surface area contributed by atoms with Gasteiger partial charge in [-0.05, 0) is 23.8 Å². The van der Waals surface area contributed by atoms with Gasteiger partial charge < -0.3 is 11.1 Å². The molecule has 0 atom stereocenters. The van der Waals surface area contributed by atoms with E-state index in [9.17, 15) is 0 Å². The first-order chi connectivity index (χ1) is 8.29. The van der Waals surface area contributed by atoms with Gasteiger partial charge in [0.1, 0.15) is 17.6 Å². The number of aromatic nitrogens is 1. The van der Waals surface area contributed by atoms with Crippen molar-refractivity contribution in [2.75, 3.05) is 11.1 Å². The zero-order valence-electron chi connectivity index (χ0n) is 9.22. The van der Waals surface area contributed by atoms with E-state index in [4.69, 9.17) is 11.0 Å². The van der Waals surface area contributed by atoms with Crippen LogP contribution in [0, 0.1) is 11.3 Å². The number of pyridine rings is 1. The smallest absolute Gasteiger partial charge is 0.142 e. The lowest BCUT2D eigenvalue weighted by molar-refractivity contribution is 1.11. The Bertz CT molecular complexity index is 557. The monoisotopic (exact) mass is 224 g/mol. The molecule has 2 aromatic rings. The maximum Gasteiger partial charge on any atom is 0.142 e. The van der Waals surface area contributed by atoms with E-state index in [1.54, 1.807) is 12.1 Å². The molecule has 0 unspecified atom stereocenters. The van der Waals surface area contributed by atoms with Crippen LogP contribution in [0.4, 0.5) is 11.5 Å². The van der Waals surface area contributed by atoms with Crippen LogP contribution >= 0.6 is 0 Å². The molecule has 2 rings (SSSR count). The summed E-state index contributed by atoms with van der Waals surface area (Å²) >= 11 is 0. The summed E-state index contributed by atoms with van der Waals surface area (Å²) in [6, 6.07) is 14.9. The van der Waals surface area contributed by atoms with Crippen molar-refractivity contribution in [1.82, 2.24) is 4.98 Å². The second-order valence-electron chi connectivity index (χ2n) is 3.57. The van der Waals surface area contributed by atoms with Crippen LogP contribution in [-0.2, 0) is 6.54 Å². The van der Waals surface area contributed by atoms with Gasteiger partial charge in [-0.25, -0.2) is 4.98 Å². The lowest BCUT2D eigenvalue weighted by Gasteiger charge is -2.07. The maximum atomic E-state index is 8.73. The van der Waals surface area contributed by atoms with Crippen molar-refractivity contribution in [3.8, 4) is 6.07 Å². The predicted octanol–water partition coefficient (Wildman–Crippen LogP) is 2.15. The predicted molar refractivity (Wildman–Crippen MR) is 67.1 cm³/mol. The van der Waals surface area contributed by atoms with Gasteiger partial charge in [0.05, 0.1) is 0 Å². The van der Waals surface area contributed by atoms with E-state index in [-0.39, 0.29) is 0 Å². The van der Waals surface area contributed by atoms with E-state index in [1.807, 2.05) is 36.4 Å². The summed E-state index contributed by atoms with van der Waals surface area (Å²) in [5, 5.41) is 11.9. The third-order valence-electron chi connectivity index (χ3n) is 2.38. The van der Waals surface area contributed by atoms with Crippen LogP contribution in [0.15, 0.2) is 42.5 Å². The van der Waals surface area contributed by atoms with Gasteiger partial charge in [0, 0.05) is 12.2 Å². The molecule has 4 heteroatoms.